The van der Waals surface area contributed by atoms with Gasteiger partial charge >= 0.3 is 0 Å². The van der Waals surface area contributed by atoms with Crippen LogP contribution in [-0.2, 0) is 32.6 Å². The SMILES string of the molecule is CC[C@@H](C)NC(=O)[C@@H](Cc1ccccc1)N(Cc1ccccc1C)C(=O)CN(c1ccc(C)c(Cl)c1)S(=O)(=O)c1ccc(C)cc1. The van der Waals surface area contributed by atoms with Crippen molar-refractivity contribution in [3.05, 3.63) is 130 Å². The molecule has 0 heterocycles. The Hall–Kier alpha value is -4.14. The van der Waals surface area contributed by atoms with Crippen LogP contribution in [0.2, 0.25) is 5.02 Å². The maximum atomic E-state index is 14.6. The highest BCUT2D eigenvalue weighted by Gasteiger charge is 2.35. The van der Waals surface area contributed by atoms with Gasteiger partial charge in [-0.2, -0.15) is 0 Å². The van der Waals surface area contributed by atoms with E-state index >= 15 is 0 Å². The fraction of sp³-hybridized carbons (Fsp3) is 0.297. The Kier molecular flexibility index (Phi) is 11.7. The number of aryl methyl sites for hydroxylation is 3. The van der Waals surface area contributed by atoms with E-state index in [9.17, 15) is 18.0 Å². The maximum absolute atomic E-state index is 14.6. The molecule has 0 aliphatic carbocycles. The van der Waals surface area contributed by atoms with Crippen LogP contribution in [0.4, 0.5) is 5.69 Å². The summed E-state index contributed by atoms with van der Waals surface area (Å²) in [5, 5.41) is 3.44. The average Bonchev–Trinajstić information content (AvgIpc) is 3.04. The number of benzene rings is 4. The summed E-state index contributed by atoms with van der Waals surface area (Å²) in [5.74, 6) is -0.817. The molecule has 0 unspecified atom stereocenters. The minimum Gasteiger partial charge on any atom is -0.352 e. The second-order valence-electron chi connectivity index (χ2n) is 11.7. The summed E-state index contributed by atoms with van der Waals surface area (Å²) in [6.07, 6.45) is 0.966. The van der Waals surface area contributed by atoms with E-state index in [4.69, 9.17) is 11.6 Å². The molecule has 4 rings (SSSR count). The molecule has 0 saturated carbocycles. The van der Waals surface area contributed by atoms with E-state index in [1.807, 2.05) is 89.2 Å². The molecule has 0 saturated heterocycles. The van der Waals surface area contributed by atoms with Crippen molar-refractivity contribution >= 4 is 39.1 Å². The van der Waals surface area contributed by atoms with Gasteiger partial charge in [0.2, 0.25) is 11.8 Å². The van der Waals surface area contributed by atoms with E-state index in [0.717, 1.165) is 32.1 Å². The van der Waals surface area contributed by atoms with Crippen molar-refractivity contribution in [2.75, 3.05) is 10.8 Å². The van der Waals surface area contributed by atoms with Gasteiger partial charge in [0, 0.05) is 24.0 Å². The lowest BCUT2D eigenvalue weighted by atomic mass is 10.0. The molecule has 9 heteroatoms. The molecule has 0 bridgehead atoms. The molecule has 242 valence electrons. The van der Waals surface area contributed by atoms with Gasteiger partial charge in [-0.05, 0) is 80.6 Å². The van der Waals surface area contributed by atoms with Gasteiger partial charge in [-0.15, -0.1) is 0 Å². The Balaban J connectivity index is 1.83. The van der Waals surface area contributed by atoms with E-state index in [0.29, 0.717) is 11.4 Å². The number of nitrogens with one attached hydrogen (secondary N) is 1. The Morgan fingerprint density at radius 1 is 0.848 bits per heavy atom. The van der Waals surface area contributed by atoms with Crippen LogP contribution in [0.15, 0.2) is 102 Å². The summed E-state index contributed by atoms with van der Waals surface area (Å²) in [4.78, 5) is 30.2. The number of carbonyl (C=O) groups is 2. The van der Waals surface area contributed by atoms with E-state index in [1.54, 1.807) is 30.3 Å². The topological polar surface area (TPSA) is 86.8 Å². The minimum absolute atomic E-state index is 0.0448. The van der Waals surface area contributed by atoms with Crippen LogP contribution in [0.1, 0.15) is 48.1 Å². The highest BCUT2D eigenvalue weighted by atomic mass is 35.5. The van der Waals surface area contributed by atoms with Crippen molar-refractivity contribution in [2.24, 2.45) is 0 Å². The predicted octanol–water partition coefficient (Wildman–Crippen LogP) is 7.02. The van der Waals surface area contributed by atoms with Crippen molar-refractivity contribution < 1.29 is 18.0 Å². The van der Waals surface area contributed by atoms with Crippen LogP contribution in [0.3, 0.4) is 0 Å². The molecule has 1 N–H and O–H groups in total. The number of hydrogen-bond acceptors (Lipinski definition) is 4. The lowest BCUT2D eigenvalue weighted by Gasteiger charge is -2.34. The third-order valence-corrected chi connectivity index (χ3v) is 10.4. The van der Waals surface area contributed by atoms with Crippen LogP contribution < -0.4 is 9.62 Å². The van der Waals surface area contributed by atoms with Crippen molar-refractivity contribution in [2.45, 2.75) is 71.0 Å². The minimum atomic E-state index is -4.21. The molecular formula is C37H42ClN3O4S. The molecule has 0 radical (unpaired) electrons. The molecule has 2 atom stereocenters. The molecule has 4 aromatic rings. The second-order valence-corrected chi connectivity index (χ2v) is 14.0. The monoisotopic (exact) mass is 659 g/mol. The summed E-state index contributed by atoms with van der Waals surface area (Å²) in [7, 11) is -4.21. The first-order valence-electron chi connectivity index (χ1n) is 15.4. The first-order valence-corrected chi connectivity index (χ1v) is 17.3. The molecule has 0 aliphatic heterocycles. The Labute approximate surface area is 278 Å². The largest absolute Gasteiger partial charge is 0.352 e. The van der Waals surface area contributed by atoms with E-state index in [1.165, 1.54) is 17.0 Å². The Bertz CT molecular complexity index is 1760. The second kappa shape index (κ2) is 15.4. The molecular weight excluding hydrogens is 618 g/mol. The van der Waals surface area contributed by atoms with Crippen LogP contribution in [0.25, 0.3) is 0 Å². The van der Waals surface area contributed by atoms with Gasteiger partial charge in [-0.1, -0.05) is 96.9 Å². The summed E-state index contributed by atoms with van der Waals surface area (Å²) in [6.45, 7) is 9.12. The van der Waals surface area contributed by atoms with Crippen molar-refractivity contribution in [3.63, 3.8) is 0 Å². The maximum Gasteiger partial charge on any atom is 0.264 e. The van der Waals surface area contributed by atoms with Crippen LogP contribution in [0, 0.1) is 20.8 Å². The van der Waals surface area contributed by atoms with Gasteiger partial charge in [0.15, 0.2) is 0 Å². The summed E-state index contributed by atoms with van der Waals surface area (Å²) in [6, 6.07) is 27.6. The molecule has 0 fully saturated rings. The Morgan fingerprint density at radius 2 is 1.50 bits per heavy atom. The van der Waals surface area contributed by atoms with Crippen molar-refractivity contribution in [1.82, 2.24) is 10.2 Å². The fourth-order valence-corrected chi connectivity index (χ4v) is 6.65. The van der Waals surface area contributed by atoms with Gasteiger partial charge in [0.1, 0.15) is 12.6 Å². The summed E-state index contributed by atoms with van der Waals surface area (Å²) >= 11 is 6.47. The predicted molar refractivity (Wildman–Crippen MR) is 185 cm³/mol. The van der Waals surface area contributed by atoms with Gasteiger partial charge in [0.05, 0.1) is 10.6 Å². The van der Waals surface area contributed by atoms with Gasteiger partial charge in [-0.3, -0.25) is 13.9 Å². The zero-order chi connectivity index (χ0) is 33.4. The molecule has 2 amide bonds. The van der Waals surface area contributed by atoms with Crippen LogP contribution in [-0.4, -0.2) is 43.8 Å². The molecule has 7 nitrogen and oxygen atoms in total. The third-order valence-electron chi connectivity index (χ3n) is 8.21. The number of sulfonamides is 1. The van der Waals surface area contributed by atoms with Gasteiger partial charge in [0.25, 0.3) is 10.0 Å². The normalized spacial score (nSPS) is 12.7. The number of nitrogens with zero attached hydrogens (tertiary/aromatic N) is 2. The highest BCUT2D eigenvalue weighted by molar-refractivity contribution is 7.92. The summed E-state index contributed by atoms with van der Waals surface area (Å²) in [5.41, 5.74) is 4.62. The zero-order valence-corrected chi connectivity index (χ0v) is 28.6. The van der Waals surface area contributed by atoms with E-state index in [-0.39, 0.29) is 35.5 Å². The lowest BCUT2D eigenvalue weighted by molar-refractivity contribution is -0.140. The number of halogens is 1. The van der Waals surface area contributed by atoms with Gasteiger partial charge < -0.3 is 10.2 Å². The quantitative estimate of drug-likeness (QED) is 0.167. The third kappa shape index (κ3) is 8.56. The number of hydrogen-bond donors (Lipinski definition) is 1. The number of rotatable bonds is 13. The molecule has 46 heavy (non-hydrogen) atoms. The highest BCUT2D eigenvalue weighted by Crippen LogP contribution is 2.29. The van der Waals surface area contributed by atoms with E-state index < -0.39 is 28.5 Å². The number of anilines is 1. The standard InChI is InChI=1S/C37H42ClN3O4S/c1-6-29(5)39-37(43)35(22-30-13-8-7-9-14-30)40(24-31-15-11-10-12-27(31)3)36(42)25-41(32-19-18-28(4)34(38)23-32)46(44,45)33-20-16-26(2)17-21-33/h7-21,23,29,35H,6,22,24-25H2,1-5H3,(H,39,43)/t29-,35-/m1/s1. The van der Waals surface area contributed by atoms with Crippen molar-refractivity contribution in [3.8, 4) is 0 Å². The van der Waals surface area contributed by atoms with Crippen LogP contribution >= 0.6 is 11.6 Å². The molecule has 0 aliphatic rings. The molecule has 4 aromatic carbocycles. The van der Waals surface area contributed by atoms with Gasteiger partial charge in [-0.25, -0.2) is 8.42 Å². The first kappa shape index (κ1) is 34.7. The van der Waals surface area contributed by atoms with Crippen LogP contribution in [0.5, 0.6) is 0 Å². The first-order chi connectivity index (χ1) is 21.9. The molecule has 0 spiro atoms. The Morgan fingerprint density at radius 3 is 2.13 bits per heavy atom. The summed E-state index contributed by atoms with van der Waals surface area (Å²) < 4.78 is 29.5. The molecule has 0 aromatic heterocycles. The van der Waals surface area contributed by atoms with Crippen molar-refractivity contribution in [1.29, 1.82) is 0 Å². The number of amides is 2. The smallest absolute Gasteiger partial charge is 0.264 e. The zero-order valence-electron chi connectivity index (χ0n) is 27.0. The number of carbonyl (C=O) groups excluding carboxylic acids is 2. The van der Waals surface area contributed by atoms with E-state index in [2.05, 4.69) is 5.32 Å². The average molecular weight is 660 g/mol. The lowest BCUT2D eigenvalue weighted by Crippen LogP contribution is -2.54. The fourth-order valence-electron chi connectivity index (χ4n) is 5.07.